The molecule has 4 heteroatoms. The molecule has 1 atom stereocenters. The lowest BCUT2D eigenvalue weighted by Crippen LogP contribution is -2.39. The van der Waals surface area contributed by atoms with Crippen LogP contribution in [0.1, 0.15) is 20.8 Å². The predicted molar refractivity (Wildman–Crippen MR) is 74.6 cm³/mol. The van der Waals surface area contributed by atoms with Crippen LogP contribution >= 0.6 is 0 Å². The zero-order chi connectivity index (χ0) is 13.5. The molecule has 0 bridgehead atoms. The van der Waals surface area contributed by atoms with Crippen LogP contribution in [0.15, 0.2) is 24.3 Å². The molecule has 98 valence electrons. The number of rotatable bonds is 1. The molecule has 2 amide bonds. The molecule has 1 aromatic rings. The van der Waals surface area contributed by atoms with E-state index in [1.807, 2.05) is 36.2 Å². The average molecular weight is 247 g/mol. The number of nitrogens with two attached hydrogens (primary N) is 1. The van der Waals surface area contributed by atoms with E-state index in [4.69, 9.17) is 5.73 Å². The number of urea groups is 1. The topological polar surface area (TPSA) is 49.6 Å². The van der Waals surface area contributed by atoms with E-state index in [1.54, 1.807) is 4.90 Å². The molecule has 0 aliphatic carbocycles. The maximum absolute atomic E-state index is 12.3. The van der Waals surface area contributed by atoms with Gasteiger partial charge in [-0.2, -0.15) is 0 Å². The van der Waals surface area contributed by atoms with Crippen LogP contribution in [0, 0.1) is 5.41 Å². The summed E-state index contributed by atoms with van der Waals surface area (Å²) in [6.07, 6.45) is 0. The average Bonchev–Trinajstić information content (AvgIpc) is 2.55. The van der Waals surface area contributed by atoms with E-state index in [-0.39, 0.29) is 17.5 Å². The number of nitrogen functional groups attached to an aromatic ring is 1. The maximum atomic E-state index is 12.3. The summed E-state index contributed by atoms with van der Waals surface area (Å²) in [5.74, 6) is 0. The number of hydrogen-bond donors (Lipinski definition) is 1. The molecule has 1 saturated heterocycles. The highest BCUT2D eigenvalue weighted by atomic mass is 16.2. The van der Waals surface area contributed by atoms with Gasteiger partial charge in [-0.1, -0.05) is 26.8 Å². The van der Waals surface area contributed by atoms with Gasteiger partial charge in [-0.25, -0.2) is 4.79 Å². The van der Waals surface area contributed by atoms with Crippen molar-refractivity contribution in [1.82, 2.24) is 4.90 Å². The summed E-state index contributed by atoms with van der Waals surface area (Å²) in [6, 6.07) is 7.73. The molecule has 1 unspecified atom stereocenters. The summed E-state index contributed by atoms with van der Waals surface area (Å²) >= 11 is 0. The van der Waals surface area contributed by atoms with E-state index in [1.165, 1.54) is 0 Å². The van der Waals surface area contributed by atoms with Crippen molar-refractivity contribution in [3.8, 4) is 0 Å². The summed E-state index contributed by atoms with van der Waals surface area (Å²) in [4.78, 5) is 15.9. The molecule has 1 aliphatic rings. The van der Waals surface area contributed by atoms with Gasteiger partial charge in [0.25, 0.3) is 0 Å². The van der Waals surface area contributed by atoms with Gasteiger partial charge in [0.05, 0.1) is 6.04 Å². The van der Waals surface area contributed by atoms with E-state index < -0.39 is 0 Å². The highest BCUT2D eigenvalue weighted by Gasteiger charge is 2.41. The van der Waals surface area contributed by atoms with Crippen molar-refractivity contribution in [1.29, 1.82) is 0 Å². The lowest BCUT2D eigenvalue weighted by atomic mass is 9.86. The summed E-state index contributed by atoms with van der Waals surface area (Å²) in [5.41, 5.74) is 7.40. The Labute approximate surface area is 108 Å². The fourth-order valence-corrected chi connectivity index (χ4v) is 2.46. The van der Waals surface area contributed by atoms with E-state index in [9.17, 15) is 4.79 Å². The van der Waals surface area contributed by atoms with Crippen LogP contribution in [-0.4, -0.2) is 30.6 Å². The molecule has 0 aromatic heterocycles. The second-order valence-corrected chi connectivity index (χ2v) is 5.98. The molecule has 1 heterocycles. The minimum absolute atomic E-state index is 0.0422. The molecule has 1 aliphatic heterocycles. The van der Waals surface area contributed by atoms with Crippen LogP contribution in [0.4, 0.5) is 16.2 Å². The number of likely N-dealkylation sites (N-methyl/N-ethyl adjacent to an activating group) is 1. The van der Waals surface area contributed by atoms with Crippen LogP contribution in [-0.2, 0) is 0 Å². The van der Waals surface area contributed by atoms with Gasteiger partial charge in [0.2, 0.25) is 0 Å². The number of benzene rings is 1. The molecule has 2 N–H and O–H groups in total. The Hall–Kier alpha value is -1.71. The molecular formula is C14H21N3O. The van der Waals surface area contributed by atoms with Crippen LogP contribution < -0.4 is 10.6 Å². The molecule has 1 aromatic carbocycles. The number of hydrogen-bond acceptors (Lipinski definition) is 2. The third-order valence-electron chi connectivity index (χ3n) is 3.54. The normalized spacial score (nSPS) is 20.7. The standard InChI is InChI=1S/C14H21N3O/c1-14(2,3)12-9-17(13(18)16(12)4)11-7-5-6-10(15)8-11/h5-8,12H,9,15H2,1-4H3. The Kier molecular flexibility index (Phi) is 2.97. The smallest absolute Gasteiger partial charge is 0.324 e. The van der Waals surface area contributed by atoms with Gasteiger partial charge < -0.3 is 10.6 Å². The molecule has 4 nitrogen and oxygen atoms in total. The number of carbonyl (C=O) groups is 1. The van der Waals surface area contributed by atoms with Crippen molar-refractivity contribution < 1.29 is 4.79 Å². The first-order valence-electron chi connectivity index (χ1n) is 6.20. The minimum Gasteiger partial charge on any atom is -0.399 e. The number of amides is 2. The largest absolute Gasteiger partial charge is 0.399 e. The van der Waals surface area contributed by atoms with Crippen LogP contribution in [0.25, 0.3) is 0 Å². The second kappa shape index (κ2) is 4.19. The summed E-state index contributed by atoms with van der Waals surface area (Å²) in [7, 11) is 1.87. The van der Waals surface area contributed by atoms with Crippen molar-refractivity contribution in [2.45, 2.75) is 26.8 Å². The first-order valence-corrected chi connectivity index (χ1v) is 6.20. The number of nitrogens with zero attached hydrogens (tertiary/aromatic N) is 2. The van der Waals surface area contributed by atoms with Gasteiger partial charge >= 0.3 is 6.03 Å². The summed E-state index contributed by atoms with van der Waals surface area (Å²) < 4.78 is 0. The highest BCUT2D eigenvalue weighted by molar-refractivity contribution is 5.95. The fraction of sp³-hybridized carbons (Fsp3) is 0.500. The SMILES string of the molecule is CN1C(=O)N(c2cccc(N)c2)CC1C(C)(C)C. The van der Waals surface area contributed by atoms with Gasteiger partial charge in [-0.05, 0) is 23.6 Å². The van der Waals surface area contributed by atoms with Crippen LogP contribution in [0.5, 0.6) is 0 Å². The molecule has 18 heavy (non-hydrogen) atoms. The van der Waals surface area contributed by atoms with Crippen molar-refractivity contribution in [3.63, 3.8) is 0 Å². The minimum atomic E-state index is 0.0422. The van der Waals surface area contributed by atoms with Gasteiger partial charge in [-0.15, -0.1) is 0 Å². The van der Waals surface area contributed by atoms with Crippen molar-refractivity contribution >= 4 is 17.4 Å². The second-order valence-electron chi connectivity index (χ2n) is 5.98. The third-order valence-corrected chi connectivity index (χ3v) is 3.54. The van der Waals surface area contributed by atoms with E-state index in [0.717, 1.165) is 5.69 Å². The molecule has 2 rings (SSSR count). The van der Waals surface area contributed by atoms with E-state index in [0.29, 0.717) is 12.2 Å². The van der Waals surface area contributed by atoms with Gasteiger partial charge in [0.1, 0.15) is 0 Å². The van der Waals surface area contributed by atoms with Crippen molar-refractivity contribution in [3.05, 3.63) is 24.3 Å². The highest BCUT2D eigenvalue weighted by Crippen LogP contribution is 2.32. The van der Waals surface area contributed by atoms with Gasteiger partial charge in [-0.3, -0.25) is 4.90 Å². The lowest BCUT2D eigenvalue weighted by molar-refractivity contribution is 0.174. The zero-order valence-corrected chi connectivity index (χ0v) is 11.5. The third kappa shape index (κ3) is 2.15. The molecule has 1 fully saturated rings. The Morgan fingerprint density at radius 1 is 1.33 bits per heavy atom. The molecule has 0 radical (unpaired) electrons. The molecular weight excluding hydrogens is 226 g/mol. The predicted octanol–water partition coefficient (Wildman–Crippen LogP) is 2.56. The molecule has 0 spiro atoms. The Morgan fingerprint density at radius 2 is 2.00 bits per heavy atom. The monoisotopic (exact) mass is 247 g/mol. The van der Waals surface area contributed by atoms with Crippen LogP contribution in [0.3, 0.4) is 0 Å². The van der Waals surface area contributed by atoms with Gasteiger partial charge in [0.15, 0.2) is 0 Å². The molecule has 0 saturated carbocycles. The Morgan fingerprint density at radius 3 is 2.50 bits per heavy atom. The first-order chi connectivity index (χ1) is 8.30. The number of anilines is 2. The lowest BCUT2D eigenvalue weighted by Gasteiger charge is -2.30. The fourth-order valence-electron chi connectivity index (χ4n) is 2.46. The zero-order valence-electron chi connectivity index (χ0n) is 11.5. The Bertz CT molecular complexity index is 464. The quantitative estimate of drug-likeness (QED) is 0.775. The first kappa shape index (κ1) is 12.7. The van der Waals surface area contributed by atoms with Crippen molar-refractivity contribution in [2.24, 2.45) is 5.41 Å². The van der Waals surface area contributed by atoms with E-state index in [2.05, 4.69) is 20.8 Å². The van der Waals surface area contributed by atoms with Crippen molar-refractivity contribution in [2.75, 3.05) is 24.2 Å². The Balaban J connectivity index is 2.30. The summed E-state index contributed by atoms with van der Waals surface area (Å²) in [6.45, 7) is 7.18. The van der Waals surface area contributed by atoms with Gasteiger partial charge in [0, 0.05) is 25.0 Å². The van der Waals surface area contributed by atoms with Crippen LogP contribution in [0.2, 0.25) is 0 Å². The maximum Gasteiger partial charge on any atom is 0.324 e. The number of carbonyl (C=O) groups excluding carboxylic acids is 1. The summed E-state index contributed by atoms with van der Waals surface area (Å²) in [5, 5.41) is 0. The van der Waals surface area contributed by atoms with E-state index >= 15 is 0 Å².